The van der Waals surface area contributed by atoms with E-state index >= 15 is 0 Å². The van der Waals surface area contributed by atoms with E-state index in [1.165, 1.54) is 12.1 Å². The summed E-state index contributed by atoms with van der Waals surface area (Å²) in [6.07, 6.45) is 0. The minimum Gasteiger partial charge on any atom is -0.271 e. The third-order valence-electron chi connectivity index (χ3n) is 2.03. The Kier molecular flexibility index (Phi) is 6.62. The molecule has 0 saturated heterocycles. The smallest absolute Gasteiger partial charge is 0.271 e. The van der Waals surface area contributed by atoms with Crippen LogP contribution in [-0.4, -0.2) is 21.4 Å². The van der Waals surface area contributed by atoms with Crippen LogP contribution in [0.4, 0.5) is 11.4 Å². The highest BCUT2D eigenvalue weighted by Gasteiger charge is 2.02. The minimum absolute atomic E-state index is 0.343. The molecule has 0 radical (unpaired) electrons. The van der Waals surface area contributed by atoms with Crippen molar-refractivity contribution in [2.45, 2.75) is 0 Å². The lowest BCUT2D eigenvalue weighted by Gasteiger charge is -1.99. The summed E-state index contributed by atoms with van der Waals surface area (Å²) in [6, 6.07) is 16.6. The minimum atomic E-state index is -4.13. The summed E-state index contributed by atoms with van der Waals surface area (Å²) in [7, 11) is -2.85. The molecule has 0 fully saturated rings. The Morgan fingerprint density at radius 2 is 1.09 bits per heavy atom. The second-order valence-electron chi connectivity index (χ2n) is 3.85. The van der Waals surface area contributed by atoms with Crippen LogP contribution in [-0.2, 0) is 19.5 Å². The van der Waals surface area contributed by atoms with E-state index in [1.54, 1.807) is 48.5 Å². The van der Waals surface area contributed by atoms with E-state index in [4.69, 9.17) is 15.2 Å². The van der Waals surface area contributed by atoms with Crippen molar-refractivity contribution in [3.05, 3.63) is 60.7 Å². The molecule has 0 amide bonds. The second kappa shape index (κ2) is 7.99. The average molecular weight is 365 g/mol. The van der Waals surface area contributed by atoms with Crippen molar-refractivity contribution in [1.82, 2.24) is 0 Å². The number of benzene rings is 2. The Morgan fingerprint density at radius 3 is 1.41 bits per heavy atom. The lowest BCUT2D eigenvalue weighted by Crippen LogP contribution is -2.09. The predicted octanol–water partition coefficient (Wildman–Crippen LogP) is 2.48. The van der Waals surface area contributed by atoms with E-state index in [0.717, 1.165) is 0 Å². The van der Waals surface area contributed by atoms with Crippen LogP contribution in [0.1, 0.15) is 0 Å². The monoisotopic (exact) mass is 364 g/mol. The van der Waals surface area contributed by atoms with Crippen molar-refractivity contribution < 1.29 is 21.4 Å². The van der Waals surface area contributed by atoms with Crippen LogP contribution in [0, 0.1) is 0 Å². The molecule has 7 nitrogen and oxygen atoms in total. The molecule has 0 saturated carbocycles. The van der Waals surface area contributed by atoms with Gasteiger partial charge >= 0.3 is 19.5 Å². The molecule has 2 aromatic carbocycles. The molecule has 0 aliphatic carbocycles. The third-order valence-corrected chi connectivity index (χ3v) is 3.24. The molecule has 0 bridgehead atoms. The molecular weight excluding hydrogens is 352 g/mol. The number of hydrogen-bond donors (Lipinski definition) is 3. The maximum atomic E-state index is 10.5. The summed E-state index contributed by atoms with van der Waals surface area (Å²) in [6.45, 7) is 0. The first-order valence-electron chi connectivity index (χ1n) is 5.73. The van der Waals surface area contributed by atoms with Crippen LogP contribution < -0.4 is 9.44 Å². The lowest BCUT2D eigenvalue weighted by molar-refractivity contribution is 0.489. The van der Waals surface area contributed by atoms with Gasteiger partial charge in [-0.25, -0.2) is 0 Å². The summed E-state index contributed by atoms with van der Waals surface area (Å²) in [5, 5.41) is 0. The highest BCUT2D eigenvalue weighted by Crippen LogP contribution is 2.09. The fourth-order valence-corrected chi connectivity index (χ4v) is 2.42. The zero-order chi connectivity index (χ0) is 16.6. The third kappa shape index (κ3) is 9.19. The SMILES string of the molecule is O=S(=O)(Cl)Nc1ccccc1.O=S(=O)(O)Nc1ccccc1. The Labute approximate surface area is 133 Å². The molecule has 2 rings (SSSR count). The van der Waals surface area contributed by atoms with Crippen LogP contribution in [0.25, 0.3) is 0 Å². The molecule has 0 heterocycles. The van der Waals surface area contributed by atoms with Gasteiger partial charge in [0.15, 0.2) is 0 Å². The zero-order valence-corrected chi connectivity index (χ0v) is 13.4. The van der Waals surface area contributed by atoms with E-state index in [2.05, 4.69) is 4.72 Å². The van der Waals surface area contributed by atoms with Crippen molar-refractivity contribution in [3.8, 4) is 0 Å². The Morgan fingerprint density at radius 1 is 0.727 bits per heavy atom. The van der Waals surface area contributed by atoms with Crippen molar-refractivity contribution in [3.63, 3.8) is 0 Å². The molecule has 0 aromatic heterocycles. The largest absolute Gasteiger partial charge is 0.357 e. The van der Waals surface area contributed by atoms with Gasteiger partial charge in [-0.1, -0.05) is 36.4 Å². The van der Waals surface area contributed by atoms with Gasteiger partial charge in [0.05, 0.1) is 5.69 Å². The zero-order valence-electron chi connectivity index (χ0n) is 11.0. The van der Waals surface area contributed by atoms with Crippen molar-refractivity contribution in [2.75, 3.05) is 9.44 Å². The van der Waals surface area contributed by atoms with Gasteiger partial charge in [-0.15, -0.1) is 0 Å². The van der Waals surface area contributed by atoms with E-state index < -0.39 is 19.5 Å². The van der Waals surface area contributed by atoms with Gasteiger partial charge < -0.3 is 0 Å². The normalized spacial score (nSPS) is 11.0. The maximum absolute atomic E-state index is 10.5. The molecule has 120 valence electrons. The summed E-state index contributed by atoms with van der Waals surface area (Å²) in [5.41, 5.74) is 0.803. The summed E-state index contributed by atoms with van der Waals surface area (Å²) < 4.78 is 53.8. The highest BCUT2D eigenvalue weighted by atomic mass is 35.7. The summed E-state index contributed by atoms with van der Waals surface area (Å²) in [4.78, 5) is 0. The Balaban J connectivity index is 0.000000220. The summed E-state index contributed by atoms with van der Waals surface area (Å²) in [5.74, 6) is 0. The van der Waals surface area contributed by atoms with Crippen LogP contribution in [0.5, 0.6) is 0 Å². The molecule has 3 N–H and O–H groups in total. The molecular formula is C12H13ClN2O5S2. The number of para-hydroxylation sites is 2. The van der Waals surface area contributed by atoms with Crippen LogP contribution in [0.15, 0.2) is 60.7 Å². The van der Waals surface area contributed by atoms with E-state index in [0.29, 0.717) is 11.4 Å². The van der Waals surface area contributed by atoms with Gasteiger partial charge in [-0.2, -0.15) is 16.8 Å². The molecule has 0 aliphatic rings. The number of hydrogen-bond acceptors (Lipinski definition) is 4. The maximum Gasteiger partial charge on any atom is 0.357 e. The van der Waals surface area contributed by atoms with Gasteiger partial charge in [0.25, 0.3) is 0 Å². The Hall–Kier alpha value is -1.81. The second-order valence-corrected chi connectivity index (χ2v) is 7.30. The van der Waals surface area contributed by atoms with Crippen molar-refractivity contribution in [1.29, 1.82) is 0 Å². The van der Waals surface area contributed by atoms with Gasteiger partial charge in [0.1, 0.15) is 0 Å². The van der Waals surface area contributed by atoms with Crippen LogP contribution >= 0.6 is 10.7 Å². The van der Waals surface area contributed by atoms with E-state index in [1.807, 2.05) is 4.72 Å². The number of halogens is 1. The van der Waals surface area contributed by atoms with Crippen molar-refractivity contribution in [2.24, 2.45) is 0 Å². The number of anilines is 2. The van der Waals surface area contributed by atoms with E-state index in [9.17, 15) is 16.8 Å². The standard InChI is InChI=1S/C6H6ClNO2S.C6H7NO3S/c7-11(9,10)8-6-4-2-1-3-5-6;8-11(9,10)7-6-4-2-1-3-5-6/h1-5,8H;1-5,7H,(H,8,9,10). The lowest BCUT2D eigenvalue weighted by atomic mass is 10.3. The Bertz CT molecular complexity index is 711. The van der Waals surface area contributed by atoms with E-state index in [-0.39, 0.29) is 0 Å². The molecule has 22 heavy (non-hydrogen) atoms. The van der Waals surface area contributed by atoms with Gasteiger partial charge in [0.2, 0.25) is 0 Å². The first-order chi connectivity index (χ1) is 10.2. The molecule has 0 atom stereocenters. The first kappa shape index (κ1) is 18.2. The number of rotatable bonds is 4. The molecule has 0 unspecified atom stereocenters. The quantitative estimate of drug-likeness (QED) is 0.569. The topological polar surface area (TPSA) is 113 Å². The fraction of sp³-hybridized carbons (Fsp3) is 0. The summed E-state index contributed by atoms with van der Waals surface area (Å²) >= 11 is 0. The van der Waals surface area contributed by atoms with Gasteiger partial charge in [-0.3, -0.25) is 14.0 Å². The van der Waals surface area contributed by atoms with Gasteiger partial charge in [0, 0.05) is 16.4 Å². The highest BCUT2D eigenvalue weighted by molar-refractivity contribution is 8.14. The van der Waals surface area contributed by atoms with Crippen LogP contribution in [0.3, 0.4) is 0 Å². The molecule has 2 aromatic rings. The molecule has 0 spiro atoms. The number of nitrogens with one attached hydrogen (secondary N) is 2. The van der Waals surface area contributed by atoms with Crippen LogP contribution in [0.2, 0.25) is 0 Å². The molecule has 0 aliphatic heterocycles. The van der Waals surface area contributed by atoms with Gasteiger partial charge in [-0.05, 0) is 24.3 Å². The predicted molar refractivity (Wildman–Crippen MR) is 86.5 cm³/mol. The first-order valence-corrected chi connectivity index (χ1v) is 9.48. The average Bonchev–Trinajstić information content (AvgIpc) is 2.38. The fourth-order valence-electron chi connectivity index (χ4n) is 1.30. The van der Waals surface area contributed by atoms with Crippen molar-refractivity contribution >= 4 is 41.6 Å². The molecule has 10 heteroatoms.